The van der Waals surface area contributed by atoms with E-state index in [-0.39, 0.29) is 5.91 Å². The normalized spacial score (nSPS) is 25.8. The second-order valence-corrected chi connectivity index (χ2v) is 5.41. The lowest BCUT2D eigenvalue weighted by atomic mass is 9.95. The fraction of sp³-hybridized carbons (Fsp3) is 0.923. The van der Waals surface area contributed by atoms with Gasteiger partial charge in [-0.25, -0.2) is 0 Å². The van der Waals surface area contributed by atoms with Gasteiger partial charge < -0.3 is 15.3 Å². The molecule has 1 saturated carbocycles. The van der Waals surface area contributed by atoms with Gasteiger partial charge in [0.1, 0.15) is 0 Å². The molecular formula is C13H24N2O2. The van der Waals surface area contributed by atoms with Crippen molar-refractivity contribution in [2.45, 2.75) is 44.6 Å². The minimum Gasteiger partial charge on any atom is -0.396 e. The van der Waals surface area contributed by atoms with Gasteiger partial charge in [-0.15, -0.1) is 0 Å². The standard InChI is InChI=1S/C13H24N2O2/c16-9-6-11-2-1-7-15(10-11)8-5-13(17)14-12-3-4-12/h11-12,16H,1-10H2,(H,14,17). The molecule has 0 spiro atoms. The molecule has 1 amide bonds. The number of nitrogens with zero attached hydrogens (tertiary/aromatic N) is 1. The number of amides is 1. The molecule has 1 unspecified atom stereocenters. The molecule has 1 atom stereocenters. The number of hydrogen-bond donors (Lipinski definition) is 2. The van der Waals surface area contributed by atoms with Crippen LogP contribution in [0.2, 0.25) is 0 Å². The second kappa shape index (κ2) is 6.36. The van der Waals surface area contributed by atoms with Crippen molar-refractivity contribution >= 4 is 5.91 Å². The Morgan fingerprint density at radius 2 is 2.18 bits per heavy atom. The van der Waals surface area contributed by atoms with E-state index in [0.29, 0.717) is 25.0 Å². The zero-order valence-electron chi connectivity index (χ0n) is 10.5. The number of hydrogen-bond acceptors (Lipinski definition) is 3. The van der Waals surface area contributed by atoms with Crippen LogP contribution in [0.1, 0.15) is 38.5 Å². The molecule has 0 bridgehead atoms. The van der Waals surface area contributed by atoms with Gasteiger partial charge in [0.25, 0.3) is 0 Å². The summed E-state index contributed by atoms with van der Waals surface area (Å²) in [4.78, 5) is 13.9. The van der Waals surface area contributed by atoms with Gasteiger partial charge in [0.2, 0.25) is 5.91 Å². The maximum Gasteiger partial charge on any atom is 0.221 e. The van der Waals surface area contributed by atoms with Crippen molar-refractivity contribution in [2.24, 2.45) is 5.92 Å². The van der Waals surface area contributed by atoms with Crippen molar-refractivity contribution in [2.75, 3.05) is 26.2 Å². The van der Waals surface area contributed by atoms with Crippen molar-refractivity contribution in [3.63, 3.8) is 0 Å². The van der Waals surface area contributed by atoms with Crippen molar-refractivity contribution in [1.29, 1.82) is 0 Å². The first-order chi connectivity index (χ1) is 8.28. The second-order valence-electron chi connectivity index (χ2n) is 5.41. The number of carbonyl (C=O) groups excluding carboxylic acids is 1. The first-order valence-electron chi connectivity index (χ1n) is 6.90. The maximum atomic E-state index is 11.6. The summed E-state index contributed by atoms with van der Waals surface area (Å²) < 4.78 is 0. The summed E-state index contributed by atoms with van der Waals surface area (Å²) in [7, 11) is 0. The molecule has 2 rings (SSSR count). The predicted molar refractivity (Wildman–Crippen MR) is 66.6 cm³/mol. The highest BCUT2D eigenvalue weighted by molar-refractivity contribution is 5.76. The van der Waals surface area contributed by atoms with Gasteiger partial charge >= 0.3 is 0 Å². The monoisotopic (exact) mass is 240 g/mol. The fourth-order valence-corrected chi connectivity index (χ4v) is 2.56. The Kier molecular flexibility index (Phi) is 4.80. The van der Waals surface area contributed by atoms with Crippen LogP contribution >= 0.6 is 0 Å². The molecule has 17 heavy (non-hydrogen) atoms. The molecule has 1 heterocycles. The Balaban J connectivity index is 1.62. The van der Waals surface area contributed by atoms with Crippen LogP contribution in [0.3, 0.4) is 0 Å². The third-order valence-corrected chi connectivity index (χ3v) is 3.74. The lowest BCUT2D eigenvalue weighted by molar-refractivity contribution is -0.121. The topological polar surface area (TPSA) is 52.6 Å². The van der Waals surface area contributed by atoms with E-state index in [9.17, 15) is 4.79 Å². The Bertz CT molecular complexity index is 252. The third-order valence-electron chi connectivity index (χ3n) is 3.74. The summed E-state index contributed by atoms with van der Waals surface area (Å²) in [6.45, 7) is 3.33. The zero-order valence-corrected chi connectivity index (χ0v) is 10.5. The molecule has 98 valence electrons. The molecule has 2 aliphatic rings. The van der Waals surface area contributed by atoms with Crippen LogP contribution in [0.15, 0.2) is 0 Å². The highest BCUT2D eigenvalue weighted by Crippen LogP contribution is 2.20. The Hall–Kier alpha value is -0.610. The molecule has 2 N–H and O–H groups in total. The van der Waals surface area contributed by atoms with Crippen molar-refractivity contribution in [3.05, 3.63) is 0 Å². The minimum atomic E-state index is 0.205. The smallest absolute Gasteiger partial charge is 0.221 e. The summed E-state index contributed by atoms with van der Waals surface area (Å²) >= 11 is 0. The van der Waals surface area contributed by atoms with E-state index in [1.807, 2.05) is 0 Å². The molecule has 0 aromatic heterocycles. The molecule has 2 fully saturated rings. The summed E-state index contributed by atoms with van der Waals surface area (Å²) in [5.41, 5.74) is 0. The lowest BCUT2D eigenvalue weighted by Gasteiger charge is -2.32. The molecular weight excluding hydrogens is 216 g/mol. The maximum absolute atomic E-state index is 11.6. The van der Waals surface area contributed by atoms with Gasteiger partial charge in [0.15, 0.2) is 0 Å². The zero-order chi connectivity index (χ0) is 12.1. The van der Waals surface area contributed by atoms with Crippen molar-refractivity contribution < 1.29 is 9.90 Å². The van der Waals surface area contributed by atoms with E-state index in [1.165, 1.54) is 12.8 Å². The van der Waals surface area contributed by atoms with Crippen LogP contribution in [0.5, 0.6) is 0 Å². The Morgan fingerprint density at radius 1 is 1.35 bits per heavy atom. The van der Waals surface area contributed by atoms with Crippen LogP contribution in [-0.4, -0.2) is 48.2 Å². The molecule has 0 radical (unpaired) electrons. The van der Waals surface area contributed by atoms with E-state index < -0.39 is 0 Å². The predicted octanol–water partition coefficient (Wildman–Crippen LogP) is 0.749. The molecule has 0 aromatic carbocycles. The Morgan fingerprint density at radius 3 is 2.88 bits per heavy atom. The first kappa shape index (κ1) is 12.8. The van der Waals surface area contributed by atoms with E-state index in [2.05, 4.69) is 10.2 Å². The van der Waals surface area contributed by atoms with E-state index in [0.717, 1.165) is 38.9 Å². The molecule has 4 heteroatoms. The van der Waals surface area contributed by atoms with Crippen molar-refractivity contribution in [1.82, 2.24) is 10.2 Å². The number of piperidine rings is 1. The quantitative estimate of drug-likeness (QED) is 0.720. The SMILES string of the molecule is O=C(CCN1CCCC(CCO)C1)NC1CC1. The van der Waals surface area contributed by atoms with Crippen LogP contribution in [-0.2, 0) is 4.79 Å². The highest BCUT2D eigenvalue weighted by atomic mass is 16.3. The fourth-order valence-electron chi connectivity index (χ4n) is 2.56. The van der Waals surface area contributed by atoms with Crippen molar-refractivity contribution in [3.8, 4) is 0 Å². The molecule has 1 saturated heterocycles. The average molecular weight is 240 g/mol. The van der Waals surface area contributed by atoms with Gasteiger partial charge in [-0.2, -0.15) is 0 Å². The summed E-state index contributed by atoms with van der Waals surface area (Å²) in [6.07, 6.45) is 6.29. The van der Waals surface area contributed by atoms with Gasteiger partial charge in [-0.1, -0.05) is 0 Å². The summed E-state index contributed by atoms with van der Waals surface area (Å²) in [5.74, 6) is 0.831. The van der Waals surface area contributed by atoms with Crippen LogP contribution in [0.25, 0.3) is 0 Å². The number of nitrogens with one attached hydrogen (secondary N) is 1. The molecule has 4 nitrogen and oxygen atoms in total. The van der Waals surface area contributed by atoms with E-state index in [4.69, 9.17) is 5.11 Å². The van der Waals surface area contributed by atoms with Gasteiger partial charge in [0.05, 0.1) is 0 Å². The van der Waals surface area contributed by atoms with Gasteiger partial charge in [0, 0.05) is 32.2 Å². The Labute approximate surface area is 103 Å². The summed E-state index contributed by atoms with van der Waals surface area (Å²) in [6, 6.07) is 0.478. The molecule has 1 aliphatic carbocycles. The molecule has 1 aliphatic heterocycles. The van der Waals surface area contributed by atoms with Gasteiger partial charge in [-0.05, 0) is 44.6 Å². The van der Waals surface area contributed by atoms with Crippen LogP contribution in [0, 0.1) is 5.92 Å². The number of aliphatic hydroxyl groups excluding tert-OH is 1. The van der Waals surface area contributed by atoms with E-state index in [1.54, 1.807) is 0 Å². The van der Waals surface area contributed by atoms with Crippen LogP contribution < -0.4 is 5.32 Å². The van der Waals surface area contributed by atoms with E-state index >= 15 is 0 Å². The molecule has 0 aromatic rings. The summed E-state index contributed by atoms with van der Waals surface area (Å²) in [5, 5.41) is 12.0. The third kappa shape index (κ3) is 4.64. The number of likely N-dealkylation sites (tertiary alicyclic amines) is 1. The number of aliphatic hydroxyl groups is 1. The van der Waals surface area contributed by atoms with Gasteiger partial charge in [-0.3, -0.25) is 4.79 Å². The largest absolute Gasteiger partial charge is 0.396 e. The van der Waals surface area contributed by atoms with Crippen LogP contribution in [0.4, 0.5) is 0 Å². The highest BCUT2D eigenvalue weighted by Gasteiger charge is 2.24. The lowest BCUT2D eigenvalue weighted by Crippen LogP contribution is -2.38. The first-order valence-corrected chi connectivity index (χ1v) is 6.90. The number of rotatable bonds is 6. The number of carbonyl (C=O) groups is 1. The minimum absolute atomic E-state index is 0.205. The average Bonchev–Trinajstić information content (AvgIpc) is 3.11.